The third-order valence-electron chi connectivity index (χ3n) is 8.10. The number of nitriles is 1. The van der Waals surface area contributed by atoms with E-state index >= 15 is 4.39 Å². The second-order valence-electron chi connectivity index (χ2n) is 12.2. The van der Waals surface area contributed by atoms with Crippen LogP contribution in [0.25, 0.3) is 11.3 Å². The van der Waals surface area contributed by atoms with Crippen molar-refractivity contribution in [3.63, 3.8) is 0 Å². The summed E-state index contributed by atoms with van der Waals surface area (Å²) in [6, 6.07) is 16.3. The Labute approximate surface area is 282 Å². The van der Waals surface area contributed by atoms with Gasteiger partial charge in [-0.1, -0.05) is 39.0 Å². The molecule has 0 aliphatic carbocycles. The lowest BCUT2D eigenvalue weighted by molar-refractivity contribution is -0.689. The Morgan fingerprint density at radius 1 is 1.12 bits per heavy atom. The van der Waals surface area contributed by atoms with Crippen molar-refractivity contribution in [3.05, 3.63) is 117 Å². The van der Waals surface area contributed by atoms with E-state index < -0.39 is 23.2 Å². The van der Waals surface area contributed by atoms with Gasteiger partial charge in [0.2, 0.25) is 6.33 Å². The second-order valence-corrected chi connectivity index (χ2v) is 13.1. The maximum absolute atomic E-state index is 15.3. The topological polar surface area (TPSA) is 117 Å². The summed E-state index contributed by atoms with van der Waals surface area (Å²) in [6.45, 7) is 9.83. The van der Waals surface area contributed by atoms with E-state index in [1.807, 2.05) is 49.8 Å². The predicted molar refractivity (Wildman–Crippen MR) is 177 cm³/mol. The lowest BCUT2D eigenvalue weighted by Crippen LogP contribution is -2.39. The van der Waals surface area contributed by atoms with Gasteiger partial charge in [-0.15, -0.1) is 16.0 Å². The number of nitrogens with zero attached hydrogens (tertiary/aromatic N) is 5. The van der Waals surface area contributed by atoms with Crippen molar-refractivity contribution < 1.29 is 28.0 Å². The first-order chi connectivity index (χ1) is 22.9. The van der Waals surface area contributed by atoms with Crippen molar-refractivity contribution in [2.75, 3.05) is 6.54 Å². The Balaban J connectivity index is 1.38. The zero-order valence-electron chi connectivity index (χ0n) is 27.4. The van der Waals surface area contributed by atoms with Gasteiger partial charge in [0.15, 0.2) is 0 Å². The number of carbonyl (C=O) groups excluding carboxylic acids is 1. The third-order valence-corrected chi connectivity index (χ3v) is 9.13. The van der Waals surface area contributed by atoms with Gasteiger partial charge in [0.25, 0.3) is 6.33 Å². The van der Waals surface area contributed by atoms with Crippen LogP contribution >= 0.6 is 11.3 Å². The number of hydrogen-bond acceptors (Lipinski definition) is 8. The summed E-state index contributed by atoms with van der Waals surface area (Å²) in [5.74, 6) is -2.18. The van der Waals surface area contributed by atoms with Crippen LogP contribution < -0.4 is 14.6 Å². The minimum Gasteiger partial charge on any atom is -0.425 e. The largest absolute Gasteiger partial charge is 0.425 e. The molecule has 0 fully saturated rings. The van der Waals surface area contributed by atoms with E-state index in [2.05, 4.69) is 16.5 Å². The summed E-state index contributed by atoms with van der Waals surface area (Å²) in [7, 11) is 0. The summed E-state index contributed by atoms with van der Waals surface area (Å²) in [5.41, 5.74) is 2.62. The molecular weight excluding hydrogens is 634 g/mol. The number of ether oxygens (including phenoxy) is 1. The molecule has 12 heteroatoms. The minimum atomic E-state index is -1.86. The van der Waals surface area contributed by atoms with Crippen LogP contribution in [-0.2, 0) is 23.5 Å². The van der Waals surface area contributed by atoms with Gasteiger partial charge in [-0.2, -0.15) is 5.26 Å². The normalized spacial score (nSPS) is 13.2. The van der Waals surface area contributed by atoms with Gasteiger partial charge in [0, 0.05) is 39.6 Å². The van der Waals surface area contributed by atoms with E-state index in [-0.39, 0.29) is 30.7 Å². The molecule has 2 N–H and O–H groups in total. The molecule has 2 atom stereocenters. The highest BCUT2D eigenvalue weighted by Crippen LogP contribution is 2.41. The number of esters is 1. The molecule has 0 saturated heterocycles. The first kappa shape index (κ1) is 34.5. The minimum absolute atomic E-state index is 0.0754. The molecule has 0 amide bonds. The van der Waals surface area contributed by atoms with E-state index in [1.54, 1.807) is 43.8 Å². The first-order valence-electron chi connectivity index (χ1n) is 15.5. The molecule has 0 radical (unpaired) electrons. The summed E-state index contributed by atoms with van der Waals surface area (Å²) in [5, 5.41) is 31.3. The molecule has 0 aliphatic heterocycles. The molecule has 2 heterocycles. The number of nitrogens with one attached hydrogen (secondary N) is 1. The quantitative estimate of drug-likeness (QED) is 0.0993. The zero-order valence-corrected chi connectivity index (χ0v) is 28.2. The maximum Gasteiger partial charge on any atom is 0.325 e. The van der Waals surface area contributed by atoms with Crippen LogP contribution in [0.3, 0.4) is 0 Å². The Morgan fingerprint density at radius 3 is 2.48 bits per heavy atom. The average molecular weight is 672 g/mol. The number of rotatable bonds is 12. The molecule has 5 aromatic rings. The van der Waals surface area contributed by atoms with Gasteiger partial charge in [-0.05, 0) is 60.9 Å². The van der Waals surface area contributed by atoms with Crippen molar-refractivity contribution in [2.45, 2.75) is 65.3 Å². The number of carbonyl (C=O) groups is 1. The average Bonchev–Trinajstić information content (AvgIpc) is 3.71. The van der Waals surface area contributed by atoms with Gasteiger partial charge in [-0.3, -0.25) is 4.79 Å². The predicted octanol–water partition coefficient (Wildman–Crippen LogP) is 5.70. The number of benzene rings is 3. The fraction of sp³-hybridized carbons (Fsp3) is 0.306. The van der Waals surface area contributed by atoms with Crippen LogP contribution in [0, 0.1) is 36.8 Å². The highest BCUT2D eigenvalue weighted by Gasteiger charge is 2.43. The molecule has 48 heavy (non-hydrogen) atoms. The summed E-state index contributed by atoms with van der Waals surface area (Å²) in [4.78, 5) is 17.1. The molecule has 5 rings (SSSR count). The van der Waals surface area contributed by atoms with Crippen LogP contribution in [0.15, 0.2) is 72.6 Å². The fourth-order valence-electron chi connectivity index (χ4n) is 5.55. The van der Waals surface area contributed by atoms with Gasteiger partial charge in [0.05, 0.1) is 35.4 Å². The highest BCUT2D eigenvalue weighted by molar-refractivity contribution is 7.10. The maximum atomic E-state index is 15.3. The Kier molecular flexibility index (Phi) is 10.4. The lowest BCUT2D eigenvalue weighted by atomic mass is 9.82. The Morgan fingerprint density at radius 2 is 1.83 bits per heavy atom. The number of aryl methyl sites for hydroxylation is 2. The Hall–Kier alpha value is -4.83. The van der Waals surface area contributed by atoms with Crippen LogP contribution in [-0.4, -0.2) is 38.4 Å². The van der Waals surface area contributed by atoms with Crippen molar-refractivity contribution in [1.82, 2.24) is 20.1 Å². The zero-order chi connectivity index (χ0) is 34.6. The van der Waals surface area contributed by atoms with Crippen LogP contribution in [0.2, 0.25) is 0 Å². The van der Waals surface area contributed by atoms with Crippen molar-refractivity contribution >= 4 is 17.3 Å². The van der Waals surface area contributed by atoms with Crippen molar-refractivity contribution in [2.24, 2.45) is 0 Å². The van der Waals surface area contributed by atoms with Crippen molar-refractivity contribution in [3.8, 4) is 23.1 Å². The second kappa shape index (κ2) is 14.5. The standard InChI is InChI=1S/C36H37F2N6O3S/c1-22(2)40-16-33(45)47-34-23(3)12-27(13-24(34)4)17-43-20-41-44(21-43)19-36(46,30-11-10-29(37)14-31(30)38)25(5)35-42-32(18-48-35)28-8-6-26(15-39)7-9-28/h6-14,18,20-22,25,40,46H,16-17,19H2,1-5H3/q+1/t25-,36+/m0/s1. The van der Waals surface area contributed by atoms with E-state index in [1.165, 1.54) is 22.1 Å². The van der Waals surface area contributed by atoms with Gasteiger partial charge < -0.3 is 15.2 Å². The number of aromatic nitrogens is 4. The van der Waals surface area contributed by atoms with E-state index in [4.69, 9.17) is 15.0 Å². The molecule has 3 aromatic carbocycles. The SMILES string of the molecule is Cc1cc(C[n+]2cnn(C[C@](O)(c3ccc(F)cc3F)[C@@H](C)c3nc(-c4ccc(C#N)cc4)cs3)c2)cc(C)c1OC(=O)CNC(C)C. The lowest BCUT2D eigenvalue weighted by Gasteiger charge is -2.32. The first-order valence-corrected chi connectivity index (χ1v) is 16.3. The summed E-state index contributed by atoms with van der Waals surface area (Å²) in [6.07, 6.45) is 3.31. The van der Waals surface area contributed by atoms with E-state index in [0.717, 1.165) is 34.4 Å². The molecule has 0 unspecified atom stereocenters. The van der Waals surface area contributed by atoms with Crippen molar-refractivity contribution in [1.29, 1.82) is 5.26 Å². The molecule has 0 saturated carbocycles. The number of aliphatic hydroxyl groups is 1. The third kappa shape index (κ3) is 7.82. The van der Waals surface area contributed by atoms with Gasteiger partial charge >= 0.3 is 5.97 Å². The number of hydrogen-bond donors (Lipinski definition) is 2. The number of thiazole rings is 1. The molecule has 2 aromatic heterocycles. The molecule has 248 valence electrons. The molecule has 0 aliphatic rings. The summed E-state index contributed by atoms with van der Waals surface area (Å²) >= 11 is 1.32. The number of halogens is 2. The molecule has 0 bridgehead atoms. The van der Waals surface area contributed by atoms with E-state index in [0.29, 0.717) is 28.6 Å². The highest BCUT2D eigenvalue weighted by atomic mass is 32.1. The Bertz CT molecular complexity index is 1940. The monoisotopic (exact) mass is 671 g/mol. The van der Waals surface area contributed by atoms with Crippen LogP contribution in [0.5, 0.6) is 5.75 Å². The summed E-state index contributed by atoms with van der Waals surface area (Å²) < 4.78 is 38.2. The fourth-order valence-corrected chi connectivity index (χ4v) is 6.52. The van der Waals surface area contributed by atoms with Gasteiger partial charge in [-0.25, -0.2) is 18.3 Å². The van der Waals surface area contributed by atoms with Gasteiger partial charge in [0.1, 0.15) is 29.5 Å². The molecule has 9 nitrogen and oxygen atoms in total. The molecule has 0 spiro atoms. The van der Waals surface area contributed by atoms with Crippen LogP contribution in [0.1, 0.15) is 59.5 Å². The van der Waals surface area contributed by atoms with Crippen LogP contribution in [0.4, 0.5) is 8.78 Å². The molecular formula is C36H37F2N6O3S+. The van der Waals surface area contributed by atoms with E-state index in [9.17, 15) is 14.3 Å². The smallest absolute Gasteiger partial charge is 0.325 e.